The van der Waals surface area contributed by atoms with Crippen LogP contribution in [-0.2, 0) is 0 Å². The molecule has 18 heavy (non-hydrogen) atoms. The fourth-order valence-corrected chi connectivity index (χ4v) is 2.99. The van der Waals surface area contributed by atoms with E-state index >= 15 is 0 Å². The molecule has 1 aliphatic rings. The van der Waals surface area contributed by atoms with Gasteiger partial charge in [0.2, 0.25) is 0 Å². The fraction of sp³-hybridized carbons (Fsp3) is 0.600. The monoisotopic (exact) mass is 249 g/mol. The van der Waals surface area contributed by atoms with Crippen LogP contribution in [0.2, 0.25) is 0 Å². The van der Waals surface area contributed by atoms with Crippen molar-refractivity contribution in [3.63, 3.8) is 0 Å². The van der Waals surface area contributed by atoms with Gasteiger partial charge in [-0.3, -0.25) is 0 Å². The second-order valence-electron chi connectivity index (χ2n) is 5.75. The first kappa shape index (κ1) is 13.4. The van der Waals surface area contributed by atoms with Gasteiger partial charge in [-0.05, 0) is 42.7 Å². The summed E-state index contributed by atoms with van der Waals surface area (Å²) in [5.74, 6) is -0.154. The summed E-state index contributed by atoms with van der Waals surface area (Å²) >= 11 is 0. The van der Waals surface area contributed by atoms with Gasteiger partial charge in [0, 0.05) is 31.6 Å². The zero-order valence-electron chi connectivity index (χ0n) is 11.8. The highest BCUT2D eigenvalue weighted by molar-refractivity contribution is 5.55. The molecule has 1 aromatic carbocycles. The van der Waals surface area contributed by atoms with Gasteiger partial charge in [0.05, 0.1) is 12.2 Å². The van der Waals surface area contributed by atoms with Gasteiger partial charge in [-0.2, -0.15) is 0 Å². The lowest BCUT2D eigenvalue weighted by molar-refractivity contribution is -0.108. The van der Waals surface area contributed by atoms with Gasteiger partial charge in [-0.15, -0.1) is 0 Å². The lowest BCUT2D eigenvalue weighted by atomic mass is 9.65. The van der Waals surface area contributed by atoms with Crippen molar-refractivity contribution in [2.45, 2.75) is 38.9 Å². The molecule has 2 atom stereocenters. The van der Waals surface area contributed by atoms with Gasteiger partial charge in [-0.1, -0.05) is 6.92 Å². The Bertz CT molecular complexity index is 423. The van der Waals surface area contributed by atoms with E-state index in [0.29, 0.717) is 0 Å². The molecule has 1 saturated carbocycles. The summed E-state index contributed by atoms with van der Waals surface area (Å²) in [7, 11) is 4.03. The molecule has 2 unspecified atom stereocenters. The molecule has 3 nitrogen and oxygen atoms in total. The quantitative estimate of drug-likeness (QED) is 0.840. The summed E-state index contributed by atoms with van der Waals surface area (Å²) in [5, 5.41) is 20.1. The number of aliphatic hydroxyl groups is 2. The van der Waals surface area contributed by atoms with Crippen molar-refractivity contribution in [1.82, 2.24) is 0 Å². The van der Waals surface area contributed by atoms with E-state index in [0.717, 1.165) is 22.4 Å². The standard InChI is InChI=1S/C15H23NO2/c1-8-6-11(16(4)5)7-9(2)12(8)13-14(17)10(3)15(13)18/h6-7,10,13-15,17-18H,1-5H3. The Morgan fingerprint density at radius 2 is 1.44 bits per heavy atom. The summed E-state index contributed by atoms with van der Waals surface area (Å²) in [6.07, 6.45) is -0.856. The highest BCUT2D eigenvalue weighted by Crippen LogP contribution is 2.44. The minimum Gasteiger partial charge on any atom is -0.392 e. The number of hydrogen-bond acceptors (Lipinski definition) is 3. The first-order valence-electron chi connectivity index (χ1n) is 6.49. The average molecular weight is 249 g/mol. The molecule has 0 saturated heterocycles. The molecule has 0 heterocycles. The number of anilines is 1. The van der Waals surface area contributed by atoms with E-state index in [-0.39, 0.29) is 11.8 Å². The zero-order chi connectivity index (χ0) is 13.6. The highest BCUT2D eigenvalue weighted by atomic mass is 16.3. The maximum Gasteiger partial charge on any atom is 0.0684 e. The molecule has 2 rings (SSSR count). The van der Waals surface area contributed by atoms with Crippen molar-refractivity contribution in [1.29, 1.82) is 0 Å². The zero-order valence-corrected chi connectivity index (χ0v) is 11.8. The van der Waals surface area contributed by atoms with E-state index in [1.165, 1.54) is 0 Å². The van der Waals surface area contributed by atoms with Gasteiger partial charge in [0.1, 0.15) is 0 Å². The van der Waals surface area contributed by atoms with Crippen LogP contribution < -0.4 is 4.90 Å². The molecule has 0 bridgehead atoms. The van der Waals surface area contributed by atoms with Crippen molar-refractivity contribution < 1.29 is 10.2 Å². The van der Waals surface area contributed by atoms with Crippen LogP contribution >= 0.6 is 0 Å². The average Bonchev–Trinajstić information content (AvgIpc) is 2.32. The lowest BCUT2D eigenvalue weighted by Crippen LogP contribution is -2.52. The summed E-state index contributed by atoms with van der Waals surface area (Å²) in [6, 6.07) is 4.23. The van der Waals surface area contributed by atoms with Crippen LogP contribution in [0.5, 0.6) is 0 Å². The van der Waals surface area contributed by atoms with E-state index in [1.54, 1.807) is 0 Å². The van der Waals surface area contributed by atoms with E-state index in [4.69, 9.17) is 0 Å². The molecule has 0 spiro atoms. The van der Waals surface area contributed by atoms with Crippen molar-refractivity contribution in [2.24, 2.45) is 5.92 Å². The summed E-state index contributed by atoms with van der Waals surface area (Å²) < 4.78 is 0. The van der Waals surface area contributed by atoms with E-state index < -0.39 is 12.2 Å². The smallest absolute Gasteiger partial charge is 0.0684 e. The Hall–Kier alpha value is -1.06. The Labute approximate surface area is 109 Å². The third-order valence-corrected chi connectivity index (χ3v) is 4.24. The van der Waals surface area contributed by atoms with E-state index in [9.17, 15) is 10.2 Å². The van der Waals surface area contributed by atoms with Crippen LogP contribution in [0.4, 0.5) is 5.69 Å². The molecule has 0 aliphatic heterocycles. The van der Waals surface area contributed by atoms with Gasteiger partial charge < -0.3 is 15.1 Å². The van der Waals surface area contributed by atoms with Crippen molar-refractivity contribution in [3.05, 3.63) is 28.8 Å². The number of aliphatic hydroxyl groups excluding tert-OH is 2. The molecule has 1 aromatic rings. The molecule has 1 fully saturated rings. The van der Waals surface area contributed by atoms with Gasteiger partial charge in [0.15, 0.2) is 0 Å². The van der Waals surface area contributed by atoms with Crippen molar-refractivity contribution in [2.75, 3.05) is 19.0 Å². The van der Waals surface area contributed by atoms with Crippen LogP contribution in [0.15, 0.2) is 12.1 Å². The number of hydrogen-bond donors (Lipinski definition) is 2. The number of benzene rings is 1. The number of aryl methyl sites for hydroxylation is 2. The molecule has 2 N–H and O–H groups in total. The summed E-state index contributed by atoms with van der Waals surface area (Å²) in [6.45, 7) is 6.00. The highest BCUT2D eigenvalue weighted by Gasteiger charge is 2.47. The number of nitrogens with zero attached hydrogens (tertiary/aromatic N) is 1. The van der Waals surface area contributed by atoms with Gasteiger partial charge >= 0.3 is 0 Å². The molecule has 100 valence electrons. The number of rotatable bonds is 2. The topological polar surface area (TPSA) is 43.7 Å². The normalized spacial score (nSPS) is 31.1. The Balaban J connectivity index is 2.41. The Morgan fingerprint density at radius 3 is 1.83 bits per heavy atom. The van der Waals surface area contributed by atoms with Crippen LogP contribution in [0.3, 0.4) is 0 Å². The minimum absolute atomic E-state index is 0.0256. The van der Waals surface area contributed by atoms with Crippen molar-refractivity contribution >= 4 is 5.69 Å². The minimum atomic E-state index is -0.428. The maximum atomic E-state index is 10.1. The Morgan fingerprint density at radius 1 is 1.00 bits per heavy atom. The predicted molar refractivity (Wildman–Crippen MR) is 74.2 cm³/mol. The predicted octanol–water partition coefficient (Wildman–Crippen LogP) is 1.82. The summed E-state index contributed by atoms with van der Waals surface area (Å²) in [4.78, 5) is 2.07. The van der Waals surface area contributed by atoms with Gasteiger partial charge in [-0.25, -0.2) is 0 Å². The lowest BCUT2D eigenvalue weighted by Gasteiger charge is -2.46. The van der Waals surface area contributed by atoms with E-state index in [1.807, 2.05) is 21.0 Å². The van der Waals surface area contributed by atoms with Crippen LogP contribution in [0.25, 0.3) is 0 Å². The van der Waals surface area contributed by atoms with Crippen LogP contribution in [0.1, 0.15) is 29.5 Å². The second-order valence-corrected chi connectivity index (χ2v) is 5.75. The van der Waals surface area contributed by atoms with Crippen LogP contribution in [-0.4, -0.2) is 36.5 Å². The maximum absolute atomic E-state index is 10.1. The molecule has 0 aromatic heterocycles. The second kappa shape index (κ2) is 4.56. The molecular weight excluding hydrogens is 226 g/mol. The van der Waals surface area contributed by atoms with Gasteiger partial charge in [0.25, 0.3) is 0 Å². The summed E-state index contributed by atoms with van der Waals surface area (Å²) in [5.41, 5.74) is 4.56. The molecule has 1 aliphatic carbocycles. The Kier molecular flexibility index (Phi) is 3.39. The first-order valence-corrected chi connectivity index (χ1v) is 6.49. The first-order chi connectivity index (χ1) is 8.34. The fourth-order valence-electron chi connectivity index (χ4n) is 2.99. The largest absolute Gasteiger partial charge is 0.392 e. The van der Waals surface area contributed by atoms with Crippen LogP contribution in [0, 0.1) is 19.8 Å². The third-order valence-electron chi connectivity index (χ3n) is 4.24. The molecular formula is C15H23NO2. The third kappa shape index (κ3) is 1.91. The van der Waals surface area contributed by atoms with E-state index in [2.05, 4.69) is 30.9 Å². The SMILES string of the molecule is Cc1cc(N(C)C)cc(C)c1C1C(O)C(C)C1O. The molecule has 0 amide bonds. The molecule has 3 heteroatoms. The molecule has 0 radical (unpaired) electrons. The van der Waals surface area contributed by atoms with Crippen molar-refractivity contribution in [3.8, 4) is 0 Å².